The third kappa shape index (κ3) is 2.54. The molecule has 7 nitrogen and oxygen atoms in total. The number of imidazole rings is 1. The zero-order chi connectivity index (χ0) is 18.4. The molecule has 1 aliphatic heterocycles. The van der Waals surface area contributed by atoms with Gasteiger partial charge in [0, 0.05) is 42.8 Å². The fourth-order valence-corrected chi connectivity index (χ4v) is 3.64. The quantitative estimate of drug-likeness (QED) is 0.603. The van der Waals surface area contributed by atoms with Crippen LogP contribution in [0.25, 0.3) is 5.52 Å². The number of nitrogens with zero attached hydrogens (tertiary/aromatic N) is 6. The van der Waals surface area contributed by atoms with Crippen LogP contribution in [-0.4, -0.2) is 36.1 Å². The lowest BCUT2D eigenvalue weighted by atomic mass is 9.99. The van der Waals surface area contributed by atoms with Crippen LogP contribution < -0.4 is 4.90 Å². The maximum Gasteiger partial charge on any atom is 0.265 e. The average molecular weight is 367 g/mol. The number of aromatic amines is 1. The molecule has 1 N–H and O–H groups in total. The van der Waals surface area contributed by atoms with E-state index in [1.165, 1.54) is 10.6 Å². The molecule has 9 heteroatoms. The van der Waals surface area contributed by atoms with E-state index in [1.54, 1.807) is 43.2 Å². The third-order valence-corrected chi connectivity index (χ3v) is 4.84. The summed E-state index contributed by atoms with van der Waals surface area (Å²) in [4.78, 5) is 18.3. The Bertz CT molecular complexity index is 1090. The van der Waals surface area contributed by atoms with Gasteiger partial charge in [0.1, 0.15) is 11.9 Å². The zero-order valence-corrected chi connectivity index (χ0v) is 14.1. The van der Waals surface area contributed by atoms with Gasteiger partial charge >= 0.3 is 0 Å². The monoisotopic (exact) mass is 367 g/mol. The van der Waals surface area contributed by atoms with Crippen LogP contribution >= 0.6 is 0 Å². The Labute approximate surface area is 152 Å². The van der Waals surface area contributed by atoms with Crippen LogP contribution in [-0.2, 0) is 6.42 Å². The number of nitrogens with one attached hydrogen (secondary N) is 1. The largest absolute Gasteiger partial charge is 0.348 e. The molecule has 0 aliphatic carbocycles. The molecule has 0 aromatic carbocycles. The van der Waals surface area contributed by atoms with E-state index in [0.717, 1.165) is 17.8 Å². The molecular weight excluding hydrogens is 352 g/mol. The van der Waals surface area contributed by atoms with Crippen LogP contribution in [0.4, 0.5) is 14.6 Å². The summed E-state index contributed by atoms with van der Waals surface area (Å²) in [6.45, 7) is 0.689. The van der Waals surface area contributed by atoms with Crippen molar-refractivity contribution in [3.05, 3.63) is 72.0 Å². The van der Waals surface area contributed by atoms with Gasteiger partial charge in [-0.15, -0.1) is 0 Å². The lowest BCUT2D eigenvalue weighted by molar-refractivity contribution is 0.152. The van der Waals surface area contributed by atoms with Gasteiger partial charge in [-0.3, -0.25) is 4.98 Å². The first-order valence-corrected chi connectivity index (χ1v) is 8.53. The van der Waals surface area contributed by atoms with E-state index in [2.05, 4.69) is 29.9 Å². The van der Waals surface area contributed by atoms with Crippen molar-refractivity contribution in [2.24, 2.45) is 0 Å². The molecular formula is C18H15F2N7. The van der Waals surface area contributed by atoms with Gasteiger partial charge in [0.15, 0.2) is 0 Å². The van der Waals surface area contributed by atoms with Crippen molar-refractivity contribution in [2.45, 2.75) is 18.9 Å². The molecule has 1 aliphatic rings. The lowest BCUT2D eigenvalue weighted by Crippen LogP contribution is -2.37. The minimum absolute atomic E-state index is 0.0413. The minimum Gasteiger partial charge on any atom is -0.348 e. The third-order valence-electron chi connectivity index (χ3n) is 4.84. The van der Waals surface area contributed by atoms with Gasteiger partial charge in [-0.1, -0.05) is 0 Å². The molecule has 0 radical (unpaired) electrons. The molecule has 5 heterocycles. The van der Waals surface area contributed by atoms with E-state index in [9.17, 15) is 8.78 Å². The number of hydrogen-bond donors (Lipinski definition) is 1. The number of anilines is 1. The predicted molar refractivity (Wildman–Crippen MR) is 93.7 cm³/mol. The smallest absolute Gasteiger partial charge is 0.265 e. The van der Waals surface area contributed by atoms with Crippen molar-refractivity contribution in [1.82, 2.24) is 29.5 Å². The van der Waals surface area contributed by atoms with E-state index in [-0.39, 0.29) is 11.6 Å². The summed E-state index contributed by atoms with van der Waals surface area (Å²) in [6.07, 6.45) is 6.46. The molecule has 4 aromatic rings. The number of pyridine rings is 1. The standard InChI is InChI=1S/C18H15F2N7/c19-18(20)11-2-1-6-27-14(11)8-13(25-27)17-16-12(23-10-24-16)3-7-26(17)15-9-21-4-5-22-15/h1-2,4-6,8-10,17-18H,3,7H2,(H,23,24). The molecule has 0 fully saturated rings. The van der Waals surface area contributed by atoms with Gasteiger partial charge in [-0.25, -0.2) is 23.3 Å². The summed E-state index contributed by atoms with van der Waals surface area (Å²) in [7, 11) is 0. The Morgan fingerprint density at radius 2 is 2.15 bits per heavy atom. The molecule has 0 bridgehead atoms. The highest BCUT2D eigenvalue weighted by molar-refractivity contribution is 5.58. The normalized spacial score (nSPS) is 16.9. The Balaban J connectivity index is 1.68. The summed E-state index contributed by atoms with van der Waals surface area (Å²) < 4.78 is 28.3. The second-order valence-electron chi connectivity index (χ2n) is 6.34. The summed E-state index contributed by atoms with van der Waals surface area (Å²) in [5.41, 5.74) is 2.84. The van der Waals surface area contributed by atoms with Crippen molar-refractivity contribution in [3.63, 3.8) is 0 Å². The van der Waals surface area contributed by atoms with Gasteiger partial charge in [0.25, 0.3) is 6.43 Å². The second kappa shape index (κ2) is 6.11. The van der Waals surface area contributed by atoms with Crippen LogP contribution in [0.3, 0.4) is 0 Å². The predicted octanol–water partition coefficient (Wildman–Crippen LogP) is 2.94. The molecule has 0 amide bonds. The molecule has 0 saturated heterocycles. The summed E-state index contributed by atoms with van der Waals surface area (Å²) in [5, 5.41) is 4.57. The van der Waals surface area contributed by atoms with Crippen LogP contribution in [0.15, 0.2) is 49.3 Å². The van der Waals surface area contributed by atoms with Gasteiger partial charge < -0.3 is 9.88 Å². The molecule has 1 unspecified atom stereocenters. The molecule has 5 rings (SSSR count). The first kappa shape index (κ1) is 15.9. The molecule has 4 aromatic heterocycles. The highest BCUT2D eigenvalue weighted by Gasteiger charge is 2.34. The van der Waals surface area contributed by atoms with E-state index < -0.39 is 6.43 Å². The maximum atomic E-state index is 13.4. The molecule has 136 valence electrons. The average Bonchev–Trinajstić information content (AvgIpc) is 3.34. The van der Waals surface area contributed by atoms with Crippen molar-refractivity contribution >= 4 is 11.3 Å². The summed E-state index contributed by atoms with van der Waals surface area (Å²) in [6, 6.07) is 4.38. The number of alkyl halides is 2. The second-order valence-corrected chi connectivity index (χ2v) is 6.34. The highest BCUT2D eigenvalue weighted by atomic mass is 19.3. The van der Waals surface area contributed by atoms with Gasteiger partial charge in [0.05, 0.1) is 29.4 Å². The Kier molecular flexibility index (Phi) is 3.59. The van der Waals surface area contributed by atoms with Crippen LogP contribution in [0.5, 0.6) is 0 Å². The molecule has 0 saturated carbocycles. The lowest BCUT2D eigenvalue weighted by Gasteiger charge is -2.34. The Hall–Kier alpha value is -3.36. The summed E-state index contributed by atoms with van der Waals surface area (Å²) in [5.74, 6) is 0.697. The number of hydrogen-bond acceptors (Lipinski definition) is 5. The number of aromatic nitrogens is 6. The van der Waals surface area contributed by atoms with Crippen molar-refractivity contribution in [3.8, 4) is 0 Å². The van der Waals surface area contributed by atoms with Crippen LogP contribution in [0.2, 0.25) is 0 Å². The van der Waals surface area contributed by atoms with E-state index in [1.807, 2.05) is 0 Å². The Morgan fingerprint density at radius 3 is 2.96 bits per heavy atom. The van der Waals surface area contributed by atoms with Crippen molar-refractivity contribution in [2.75, 3.05) is 11.4 Å². The SMILES string of the molecule is FC(F)c1cccn2nc(C3c4nc[nH]c4CCN3c3cnccn3)cc12. The fraction of sp³-hybridized carbons (Fsp3) is 0.222. The Morgan fingerprint density at radius 1 is 1.22 bits per heavy atom. The first-order valence-electron chi connectivity index (χ1n) is 8.53. The molecule has 1 atom stereocenters. The van der Waals surface area contributed by atoms with E-state index >= 15 is 0 Å². The van der Waals surface area contributed by atoms with E-state index in [0.29, 0.717) is 23.6 Å². The molecule has 27 heavy (non-hydrogen) atoms. The van der Waals surface area contributed by atoms with Gasteiger partial charge in [0.2, 0.25) is 0 Å². The molecule has 0 spiro atoms. The van der Waals surface area contributed by atoms with E-state index in [4.69, 9.17) is 0 Å². The first-order chi connectivity index (χ1) is 13.2. The number of fused-ring (bicyclic) bond motifs is 2. The zero-order valence-electron chi connectivity index (χ0n) is 14.1. The number of H-pyrrole nitrogens is 1. The minimum atomic E-state index is -2.57. The number of halogens is 2. The van der Waals surface area contributed by atoms with Crippen molar-refractivity contribution in [1.29, 1.82) is 0 Å². The van der Waals surface area contributed by atoms with Gasteiger partial charge in [-0.05, 0) is 18.2 Å². The van der Waals surface area contributed by atoms with Crippen LogP contribution in [0, 0.1) is 0 Å². The topological polar surface area (TPSA) is 75.0 Å². The summed E-state index contributed by atoms with van der Waals surface area (Å²) >= 11 is 0. The maximum absolute atomic E-state index is 13.4. The number of rotatable bonds is 3. The van der Waals surface area contributed by atoms with Gasteiger partial charge in [-0.2, -0.15) is 5.10 Å². The van der Waals surface area contributed by atoms with Crippen LogP contribution in [0.1, 0.15) is 35.1 Å². The fourth-order valence-electron chi connectivity index (χ4n) is 3.64. The highest BCUT2D eigenvalue weighted by Crippen LogP contribution is 2.36. The van der Waals surface area contributed by atoms with Crippen molar-refractivity contribution < 1.29 is 8.78 Å².